The Morgan fingerprint density at radius 3 is 2.15 bits per heavy atom. The van der Waals surface area contributed by atoms with Gasteiger partial charge in [0.05, 0.1) is 6.04 Å². The van der Waals surface area contributed by atoms with Crippen LogP contribution >= 0.6 is 0 Å². The number of rotatable bonds is 8. The average Bonchev–Trinajstić information content (AvgIpc) is 3.40. The molecular weight excluding hydrogens is 422 g/mol. The van der Waals surface area contributed by atoms with Crippen LogP contribution in [0.2, 0.25) is 0 Å². The fraction of sp³-hybridized carbons (Fsp3) is 0.517. The summed E-state index contributed by atoms with van der Waals surface area (Å²) in [6.45, 7) is 12.8. The SMILES string of the molecule is CCC(C)C(=O)N[C@@H](CCN1CC2CN(C(=O)c3c(C)cccc3C)CC2C1)c1ccccc1. The van der Waals surface area contributed by atoms with Crippen LogP contribution < -0.4 is 5.32 Å². The van der Waals surface area contributed by atoms with Crippen LogP contribution in [0.3, 0.4) is 0 Å². The van der Waals surface area contributed by atoms with E-state index in [4.69, 9.17) is 0 Å². The lowest BCUT2D eigenvalue weighted by molar-refractivity contribution is -0.125. The Kier molecular flexibility index (Phi) is 7.72. The van der Waals surface area contributed by atoms with Gasteiger partial charge in [0, 0.05) is 44.2 Å². The molecule has 4 rings (SSSR count). The molecule has 2 aromatic carbocycles. The number of nitrogens with zero attached hydrogens (tertiary/aromatic N) is 2. The molecule has 0 saturated carbocycles. The molecule has 0 spiro atoms. The third-order valence-corrected chi connectivity index (χ3v) is 7.86. The van der Waals surface area contributed by atoms with Crippen molar-refractivity contribution in [2.24, 2.45) is 17.8 Å². The number of hydrogen-bond donors (Lipinski definition) is 1. The lowest BCUT2D eigenvalue weighted by Crippen LogP contribution is -2.36. The molecule has 3 unspecified atom stereocenters. The summed E-state index contributed by atoms with van der Waals surface area (Å²) in [6.07, 6.45) is 1.75. The number of hydrogen-bond acceptors (Lipinski definition) is 3. The summed E-state index contributed by atoms with van der Waals surface area (Å²) in [5.74, 6) is 1.43. The van der Waals surface area contributed by atoms with Crippen LogP contribution in [0.1, 0.15) is 59.8 Å². The third kappa shape index (κ3) is 5.35. The van der Waals surface area contributed by atoms with E-state index >= 15 is 0 Å². The van der Waals surface area contributed by atoms with E-state index in [0.717, 1.165) is 62.3 Å². The molecule has 1 N–H and O–H groups in total. The lowest BCUT2D eigenvalue weighted by atomic mass is 10.0. The number of nitrogens with one attached hydrogen (secondary N) is 1. The summed E-state index contributed by atoms with van der Waals surface area (Å²) in [6, 6.07) is 16.4. The highest BCUT2D eigenvalue weighted by atomic mass is 16.2. The molecule has 182 valence electrons. The first-order chi connectivity index (χ1) is 16.4. The van der Waals surface area contributed by atoms with Crippen LogP contribution in [0.4, 0.5) is 0 Å². The molecule has 2 heterocycles. The standard InChI is InChI=1S/C29H39N3O2/c1-5-20(2)28(33)30-26(23-12-7-6-8-13-23)14-15-31-16-24-18-32(19-25(24)17-31)29(34)27-21(3)10-9-11-22(27)4/h6-13,20,24-26H,5,14-19H2,1-4H3,(H,30,33)/t20?,24?,25?,26-/m0/s1. The molecular formula is C29H39N3O2. The highest BCUT2D eigenvalue weighted by Gasteiger charge is 2.42. The van der Waals surface area contributed by atoms with Gasteiger partial charge >= 0.3 is 0 Å². The van der Waals surface area contributed by atoms with Gasteiger partial charge in [-0.05, 0) is 55.2 Å². The molecule has 0 radical (unpaired) electrons. The Morgan fingerprint density at radius 1 is 0.941 bits per heavy atom. The van der Waals surface area contributed by atoms with E-state index in [0.29, 0.717) is 11.8 Å². The summed E-state index contributed by atoms with van der Waals surface area (Å²) >= 11 is 0. The number of benzene rings is 2. The first-order valence-electron chi connectivity index (χ1n) is 12.8. The maximum atomic E-state index is 13.2. The highest BCUT2D eigenvalue weighted by molar-refractivity contribution is 5.97. The van der Waals surface area contributed by atoms with Crippen molar-refractivity contribution < 1.29 is 9.59 Å². The number of carbonyl (C=O) groups is 2. The molecule has 0 bridgehead atoms. The Balaban J connectivity index is 1.34. The fourth-order valence-electron chi connectivity index (χ4n) is 5.57. The molecule has 2 saturated heterocycles. The van der Waals surface area contributed by atoms with Gasteiger partial charge in [-0.1, -0.05) is 62.4 Å². The second-order valence-electron chi connectivity index (χ2n) is 10.3. The Bertz CT molecular complexity index is 971. The smallest absolute Gasteiger partial charge is 0.254 e. The van der Waals surface area contributed by atoms with Gasteiger partial charge in [-0.3, -0.25) is 9.59 Å². The number of fused-ring (bicyclic) bond motifs is 1. The van der Waals surface area contributed by atoms with E-state index in [9.17, 15) is 9.59 Å². The summed E-state index contributed by atoms with van der Waals surface area (Å²) < 4.78 is 0. The van der Waals surface area contributed by atoms with Crippen LogP contribution in [0, 0.1) is 31.6 Å². The van der Waals surface area contributed by atoms with E-state index in [2.05, 4.69) is 34.2 Å². The monoisotopic (exact) mass is 461 g/mol. The minimum atomic E-state index is 0.0257. The first-order valence-corrected chi connectivity index (χ1v) is 12.8. The van der Waals surface area contributed by atoms with Crippen LogP contribution in [-0.2, 0) is 4.79 Å². The molecule has 2 fully saturated rings. The van der Waals surface area contributed by atoms with Crippen LogP contribution in [-0.4, -0.2) is 54.3 Å². The number of carbonyl (C=O) groups excluding carboxylic acids is 2. The van der Waals surface area contributed by atoms with Crippen molar-refractivity contribution in [3.8, 4) is 0 Å². The fourth-order valence-corrected chi connectivity index (χ4v) is 5.57. The molecule has 4 atom stereocenters. The van der Waals surface area contributed by atoms with Gasteiger partial charge in [0.25, 0.3) is 5.91 Å². The van der Waals surface area contributed by atoms with Gasteiger partial charge in [-0.15, -0.1) is 0 Å². The normalized spacial score (nSPS) is 21.8. The van der Waals surface area contributed by atoms with Crippen LogP contribution in [0.15, 0.2) is 48.5 Å². The lowest BCUT2D eigenvalue weighted by Gasteiger charge is -2.26. The predicted molar refractivity (Wildman–Crippen MR) is 137 cm³/mol. The molecule has 5 nitrogen and oxygen atoms in total. The summed E-state index contributed by atoms with van der Waals surface area (Å²) in [5.41, 5.74) is 4.18. The largest absolute Gasteiger partial charge is 0.349 e. The maximum Gasteiger partial charge on any atom is 0.254 e. The van der Waals surface area contributed by atoms with E-state index in [1.54, 1.807) is 0 Å². The highest BCUT2D eigenvalue weighted by Crippen LogP contribution is 2.33. The molecule has 2 aliphatic rings. The van der Waals surface area contributed by atoms with Crippen LogP contribution in [0.25, 0.3) is 0 Å². The van der Waals surface area contributed by atoms with E-state index in [1.165, 1.54) is 5.56 Å². The molecule has 2 amide bonds. The molecule has 0 aromatic heterocycles. The number of likely N-dealkylation sites (tertiary alicyclic amines) is 2. The van der Waals surface area contributed by atoms with Crippen molar-refractivity contribution in [1.29, 1.82) is 0 Å². The second-order valence-corrected chi connectivity index (χ2v) is 10.3. The van der Waals surface area contributed by atoms with E-state index < -0.39 is 0 Å². The molecule has 5 heteroatoms. The second kappa shape index (κ2) is 10.7. The minimum Gasteiger partial charge on any atom is -0.349 e. The van der Waals surface area contributed by atoms with Gasteiger partial charge in [0.1, 0.15) is 0 Å². The molecule has 2 aromatic rings. The van der Waals surface area contributed by atoms with Crippen molar-refractivity contribution >= 4 is 11.8 Å². The summed E-state index contributed by atoms with van der Waals surface area (Å²) in [7, 11) is 0. The number of aryl methyl sites for hydroxylation is 2. The Morgan fingerprint density at radius 2 is 1.56 bits per heavy atom. The minimum absolute atomic E-state index is 0.0257. The Hall–Kier alpha value is -2.66. The zero-order valence-electron chi connectivity index (χ0n) is 21.1. The number of amides is 2. The van der Waals surface area contributed by atoms with Gasteiger partial charge in [0.15, 0.2) is 0 Å². The van der Waals surface area contributed by atoms with Crippen molar-refractivity contribution in [1.82, 2.24) is 15.1 Å². The predicted octanol–water partition coefficient (Wildman–Crippen LogP) is 4.60. The van der Waals surface area contributed by atoms with Crippen molar-refractivity contribution in [2.45, 2.75) is 46.6 Å². The molecule has 0 aliphatic carbocycles. The van der Waals surface area contributed by atoms with Gasteiger partial charge in [-0.2, -0.15) is 0 Å². The zero-order chi connectivity index (χ0) is 24.2. The van der Waals surface area contributed by atoms with Gasteiger partial charge in [0.2, 0.25) is 5.91 Å². The van der Waals surface area contributed by atoms with Crippen molar-refractivity contribution in [3.05, 3.63) is 70.8 Å². The molecule has 34 heavy (non-hydrogen) atoms. The van der Waals surface area contributed by atoms with Crippen molar-refractivity contribution in [3.63, 3.8) is 0 Å². The quantitative estimate of drug-likeness (QED) is 0.625. The maximum absolute atomic E-state index is 13.2. The van der Waals surface area contributed by atoms with E-state index in [1.807, 2.05) is 57.2 Å². The van der Waals surface area contributed by atoms with E-state index in [-0.39, 0.29) is 23.8 Å². The Labute approximate surface area is 204 Å². The molecule has 2 aliphatic heterocycles. The third-order valence-electron chi connectivity index (χ3n) is 7.86. The zero-order valence-corrected chi connectivity index (χ0v) is 21.1. The average molecular weight is 462 g/mol. The van der Waals surface area contributed by atoms with Crippen molar-refractivity contribution in [2.75, 3.05) is 32.7 Å². The van der Waals surface area contributed by atoms with Crippen LogP contribution in [0.5, 0.6) is 0 Å². The summed E-state index contributed by atoms with van der Waals surface area (Å²) in [4.78, 5) is 30.4. The van der Waals surface area contributed by atoms with Gasteiger partial charge < -0.3 is 15.1 Å². The van der Waals surface area contributed by atoms with Gasteiger partial charge in [-0.25, -0.2) is 0 Å². The summed E-state index contributed by atoms with van der Waals surface area (Å²) in [5, 5.41) is 3.29. The first kappa shape index (κ1) is 24.5. The topological polar surface area (TPSA) is 52.7 Å².